The molecule has 0 saturated carbocycles. The van der Waals surface area contributed by atoms with Gasteiger partial charge in [0, 0.05) is 17.8 Å². The van der Waals surface area contributed by atoms with Crippen molar-refractivity contribution in [3.8, 4) is 0 Å². The number of aryl methyl sites for hydroxylation is 2. The Morgan fingerprint density at radius 3 is 2.57 bits per heavy atom. The number of anilines is 1. The molecule has 5 nitrogen and oxygen atoms in total. The number of amides is 1. The van der Waals surface area contributed by atoms with E-state index in [4.69, 9.17) is 11.6 Å². The Morgan fingerprint density at radius 1 is 1.07 bits per heavy atom. The highest BCUT2D eigenvalue weighted by Gasteiger charge is 2.20. The first-order valence-electron chi connectivity index (χ1n) is 10.1. The number of nitrogens with one attached hydrogen (secondary N) is 2. The van der Waals surface area contributed by atoms with Crippen molar-refractivity contribution in [1.82, 2.24) is 5.32 Å². The second-order valence-electron chi connectivity index (χ2n) is 7.66. The molecule has 0 unspecified atom stereocenters. The minimum atomic E-state index is -3.94. The van der Waals surface area contributed by atoms with E-state index in [1.54, 1.807) is 12.1 Å². The number of carbonyl (C=O) groups excluding carboxylic acids is 1. The van der Waals surface area contributed by atoms with E-state index in [9.17, 15) is 13.2 Å². The van der Waals surface area contributed by atoms with Crippen LogP contribution in [0.4, 0.5) is 5.69 Å². The summed E-state index contributed by atoms with van der Waals surface area (Å²) in [4.78, 5) is 12.4. The van der Waals surface area contributed by atoms with E-state index in [2.05, 4.69) is 16.1 Å². The summed E-state index contributed by atoms with van der Waals surface area (Å²) in [5.41, 5.74) is 4.13. The van der Waals surface area contributed by atoms with E-state index in [-0.39, 0.29) is 21.4 Å². The standard InChI is InChI=1S/C23H27ClN2O3S/c1-16-8-10-20(14-17(16)2)26-30(28,29)22-15-19(9-11-21(22)24)23(27)25-13-12-18-6-4-3-5-7-18/h6,8-11,14-15,26H,3-5,7,12-13H2,1-2H3,(H,25,27). The van der Waals surface area contributed by atoms with Crippen LogP contribution < -0.4 is 10.0 Å². The van der Waals surface area contributed by atoms with Gasteiger partial charge >= 0.3 is 0 Å². The molecule has 0 radical (unpaired) electrons. The van der Waals surface area contributed by atoms with E-state index in [0.29, 0.717) is 12.2 Å². The summed E-state index contributed by atoms with van der Waals surface area (Å²) in [6.07, 6.45) is 7.69. The van der Waals surface area contributed by atoms with Crippen LogP contribution in [0.25, 0.3) is 0 Å². The molecular formula is C23H27ClN2O3S. The maximum atomic E-state index is 12.9. The average molecular weight is 447 g/mol. The van der Waals surface area contributed by atoms with Crippen LogP contribution in [-0.4, -0.2) is 20.9 Å². The van der Waals surface area contributed by atoms with Crippen LogP contribution in [0.15, 0.2) is 52.9 Å². The number of benzene rings is 2. The van der Waals surface area contributed by atoms with Crippen molar-refractivity contribution >= 4 is 33.2 Å². The normalized spacial score (nSPS) is 14.2. The SMILES string of the molecule is Cc1ccc(NS(=O)(=O)c2cc(C(=O)NCCC3=CCCCC3)ccc2Cl)cc1C. The lowest BCUT2D eigenvalue weighted by Gasteiger charge is -2.14. The van der Waals surface area contributed by atoms with Gasteiger partial charge in [0.05, 0.1) is 5.02 Å². The topological polar surface area (TPSA) is 75.3 Å². The van der Waals surface area contributed by atoms with Gasteiger partial charge in [0.2, 0.25) is 0 Å². The maximum Gasteiger partial charge on any atom is 0.263 e. The molecule has 1 aliphatic carbocycles. The van der Waals surface area contributed by atoms with Crippen LogP contribution in [0.2, 0.25) is 5.02 Å². The number of sulfonamides is 1. The molecule has 2 N–H and O–H groups in total. The molecule has 3 rings (SSSR count). The van der Waals surface area contributed by atoms with Gasteiger partial charge in [0.15, 0.2) is 0 Å². The molecule has 0 bridgehead atoms. The molecule has 0 aromatic heterocycles. The highest BCUT2D eigenvalue weighted by molar-refractivity contribution is 7.92. The Morgan fingerprint density at radius 2 is 1.87 bits per heavy atom. The molecule has 0 fully saturated rings. The average Bonchev–Trinajstić information content (AvgIpc) is 2.71. The van der Waals surface area contributed by atoms with Crippen molar-refractivity contribution in [3.05, 3.63) is 69.8 Å². The van der Waals surface area contributed by atoms with E-state index in [1.165, 1.54) is 36.6 Å². The molecule has 1 amide bonds. The zero-order valence-electron chi connectivity index (χ0n) is 17.3. The largest absolute Gasteiger partial charge is 0.352 e. The van der Waals surface area contributed by atoms with Crippen LogP contribution in [-0.2, 0) is 10.0 Å². The monoisotopic (exact) mass is 446 g/mol. The van der Waals surface area contributed by atoms with Gasteiger partial charge in [-0.2, -0.15) is 0 Å². The van der Waals surface area contributed by atoms with Crippen LogP contribution >= 0.6 is 11.6 Å². The number of hydrogen-bond donors (Lipinski definition) is 2. The van der Waals surface area contributed by atoms with Gasteiger partial charge in [-0.25, -0.2) is 8.42 Å². The fourth-order valence-electron chi connectivity index (χ4n) is 3.44. The zero-order valence-corrected chi connectivity index (χ0v) is 18.9. The third-order valence-corrected chi connectivity index (χ3v) is 7.22. The molecule has 0 heterocycles. The third kappa shape index (κ3) is 5.64. The van der Waals surface area contributed by atoms with Crippen molar-refractivity contribution in [2.24, 2.45) is 0 Å². The summed E-state index contributed by atoms with van der Waals surface area (Å²) in [6.45, 7) is 4.39. The zero-order chi connectivity index (χ0) is 21.7. The fourth-order valence-corrected chi connectivity index (χ4v) is 5.01. The van der Waals surface area contributed by atoms with Gasteiger partial charge in [-0.3, -0.25) is 9.52 Å². The smallest absolute Gasteiger partial charge is 0.263 e. The first-order chi connectivity index (χ1) is 14.3. The molecule has 0 aliphatic heterocycles. The first kappa shape index (κ1) is 22.4. The highest BCUT2D eigenvalue weighted by atomic mass is 35.5. The van der Waals surface area contributed by atoms with E-state index in [1.807, 2.05) is 19.9 Å². The van der Waals surface area contributed by atoms with Crippen molar-refractivity contribution in [3.63, 3.8) is 0 Å². The molecule has 1 aliphatic rings. The Kier molecular flexibility index (Phi) is 7.21. The summed E-state index contributed by atoms with van der Waals surface area (Å²) in [5, 5.41) is 2.93. The van der Waals surface area contributed by atoms with Crippen LogP contribution in [0.5, 0.6) is 0 Å². The predicted molar refractivity (Wildman–Crippen MR) is 122 cm³/mol. The minimum Gasteiger partial charge on any atom is -0.352 e. The summed E-state index contributed by atoms with van der Waals surface area (Å²) >= 11 is 6.16. The summed E-state index contributed by atoms with van der Waals surface area (Å²) < 4.78 is 28.3. The summed E-state index contributed by atoms with van der Waals surface area (Å²) in [5.74, 6) is -0.314. The summed E-state index contributed by atoms with van der Waals surface area (Å²) in [7, 11) is -3.94. The van der Waals surface area contributed by atoms with Gasteiger partial charge in [-0.05, 0) is 87.4 Å². The summed E-state index contributed by atoms with van der Waals surface area (Å²) in [6, 6.07) is 9.60. The predicted octanol–water partition coefficient (Wildman–Crippen LogP) is 5.38. The first-order valence-corrected chi connectivity index (χ1v) is 12.0. The Hall–Kier alpha value is -2.31. The van der Waals surface area contributed by atoms with E-state index < -0.39 is 10.0 Å². The van der Waals surface area contributed by atoms with E-state index >= 15 is 0 Å². The van der Waals surface area contributed by atoms with Gasteiger partial charge in [-0.1, -0.05) is 29.3 Å². The van der Waals surface area contributed by atoms with Crippen LogP contribution in [0.3, 0.4) is 0 Å². The van der Waals surface area contributed by atoms with Crippen molar-refractivity contribution in [2.75, 3.05) is 11.3 Å². The fraction of sp³-hybridized carbons (Fsp3) is 0.348. The van der Waals surface area contributed by atoms with E-state index in [0.717, 1.165) is 30.4 Å². The molecule has 0 spiro atoms. The number of hydrogen-bond acceptors (Lipinski definition) is 3. The Labute approximate surface area is 183 Å². The number of rotatable bonds is 7. The second kappa shape index (κ2) is 9.67. The lowest BCUT2D eigenvalue weighted by atomic mass is 9.97. The van der Waals surface area contributed by atoms with Crippen molar-refractivity contribution in [1.29, 1.82) is 0 Å². The number of carbonyl (C=O) groups is 1. The Bertz CT molecular complexity index is 1080. The van der Waals surface area contributed by atoms with Gasteiger partial charge in [-0.15, -0.1) is 0 Å². The third-order valence-electron chi connectivity index (χ3n) is 5.36. The molecule has 160 valence electrons. The van der Waals surface area contributed by atoms with Crippen LogP contribution in [0.1, 0.15) is 53.6 Å². The quantitative estimate of drug-likeness (QED) is 0.561. The molecule has 30 heavy (non-hydrogen) atoms. The van der Waals surface area contributed by atoms with Crippen LogP contribution in [0, 0.1) is 13.8 Å². The van der Waals surface area contributed by atoms with Gasteiger partial charge < -0.3 is 5.32 Å². The lowest BCUT2D eigenvalue weighted by molar-refractivity contribution is 0.0954. The molecular weight excluding hydrogens is 420 g/mol. The Balaban J connectivity index is 1.72. The second-order valence-corrected chi connectivity index (χ2v) is 9.72. The molecule has 7 heteroatoms. The molecule has 2 aromatic carbocycles. The maximum absolute atomic E-state index is 12.9. The lowest BCUT2D eigenvalue weighted by Crippen LogP contribution is -2.25. The highest BCUT2D eigenvalue weighted by Crippen LogP contribution is 2.26. The van der Waals surface area contributed by atoms with Gasteiger partial charge in [0.1, 0.15) is 4.90 Å². The van der Waals surface area contributed by atoms with Crippen molar-refractivity contribution in [2.45, 2.75) is 50.8 Å². The van der Waals surface area contributed by atoms with Gasteiger partial charge in [0.25, 0.3) is 15.9 Å². The molecule has 0 atom stereocenters. The molecule has 0 saturated heterocycles. The minimum absolute atomic E-state index is 0.0650. The van der Waals surface area contributed by atoms with Crippen molar-refractivity contribution < 1.29 is 13.2 Å². The molecule has 2 aromatic rings. The number of halogens is 1. The number of allylic oxidation sites excluding steroid dienone is 1.